The molecule has 2 aliphatic rings. The highest BCUT2D eigenvalue weighted by atomic mass is 19.1. The second kappa shape index (κ2) is 9.54. The van der Waals surface area contributed by atoms with Crippen molar-refractivity contribution >= 4 is 11.5 Å². The summed E-state index contributed by atoms with van der Waals surface area (Å²) in [5.74, 6) is -0.775. The minimum absolute atomic E-state index is 0.0465. The monoisotopic (exact) mass is 456 g/mol. The van der Waals surface area contributed by atoms with Crippen LogP contribution in [-0.2, 0) is 4.79 Å². The van der Waals surface area contributed by atoms with E-state index in [1.54, 1.807) is 37.4 Å². The molecule has 1 N–H and O–H groups in total. The van der Waals surface area contributed by atoms with Gasteiger partial charge in [0, 0.05) is 11.5 Å². The van der Waals surface area contributed by atoms with E-state index in [1.807, 2.05) is 6.07 Å². The molecule has 0 bridgehead atoms. The van der Waals surface area contributed by atoms with Gasteiger partial charge in [-0.15, -0.1) is 0 Å². The van der Waals surface area contributed by atoms with Crippen LogP contribution in [0.1, 0.15) is 56.1 Å². The van der Waals surface area contributed by atoms with Gasteiger partial charge in [0.25, 0.3) is 0 Å². The van der Waals surface area contributed by atoms with Crippen molar-refractivity contribution in [2.75, 3.05) is 13.7 Å². The molecule has 4 rings (SSSR count). The SMILES string of the molecule is COc1ccc(F)c(C2=CCC(COc3cccc([C@H](C4CC4)C(C)(F)C(=O)O)c3)CC2)c1. The van der Waals surface area contributed by atoms with Crippen LogP contribution in [-0.4, -0.2) is 30.5 Å². The Hall–Kier alpha value is -2.89. The normalized spacial score (nSPS) is 21.0. The molecular formula is C27H30F2O4. The summed E-state index contributed by atoms with van der Waals surface area (Å²) in [5, 5.41) is 9.40. The highest BCUT2D eigenvalue weighted by Gasteiger charge is 2.50. The zero-order valence-electron chi connectivity index (χ0n) is 19.0. The number of allylic oxidation sites excluding steroid dienone is 2. The number of hydrogen-bond donors (Lipinski definition) is 1. The number of benzene rings is 2. The predicted molar refractivity (Wildman–Crippen MR) is 123 cm³/mol. The van der Waals surface area contributed by atoms with Gasteiger partial charge in [-0.05, 0) is 92.3 Å². The summed E-state index contributed by atoms with van der Waals surface area (Å²) >= 11 is 0. The van der Waals surface area contributed by atoms with Crippen LogP contribution < -0.4 is 9.47 Å². The Balaban J connectivity index is 1.40. The van der Waals surface area contributed by atoms with Crippen LogP contribution >= 0.6 is 0 Å². The molecule has 1 fully saturated rings. The van der Waals surface area contributed by atoms with Crippen LogP contribution in [0.15, 0.2) is 48.5 Å². The second-order valence-electron chi connectivity index (χ2n) is 9.29. The predicted octanol–water partition coefficient (Wildman–Crippen LogP) is 6.40. The number of methoxy groups -OCH3 is 1. The summed E-state index contributed by atoms with van der Waals surface area (Å²) in [7, 11) is 1.57. The standard InChI is InChI=1S/C27H30F2O4/c1-27(29,26(30)31)25(19-10-11-19)20-4-3-5-22(14-20)33-16-17-6-8-18(9-7-17)23-15-21(32-2)12-13-24(23)28/h3-5,8,12-15,17,19,25H,6-7,9-11,16H2,1-2H3,(H,30,31)/t17?,25-,27?/m0/s1. The molecule has 0 saturated heterocycles. The Morgan fingerprint density at radius 3 is 2.61 bits per heavy atom. The summed E-state index contributed by atoms with van der Waals surface area (Å²) in [6.45, 7) is 1.65. The van der Waals surface area contributed by atoms with Crippen LogP contribution in [0.5, 0.6) is 11.5 Å². The molecule has 0 spiro atoms. The fourth-order valence-corrected chi connectivity index (χ4v) is 4.76. The van der Waals surface area contributed by atoms with E-state index in [0.717, 1.165) is 44.6 Å². The van der Waals surface area contributed by atoms with Crippen molar-refractivity contribution in [3.05, 3.63) is 65.5 Å². The Kier molecular flexibility index (Phi) is 6.73. The number of rotatable bonds is 9. The summed E-state index contributed by atoms with van der Waals surface area (Å²) in [5.41, 5.74) is -0.0884. The fraction of sp³-hybridized carbons (Fsp3) is 0.444. The van der Waals surface area contributed by atoms with Crippen molar-refractivity contribution in [1.29, 1.82) is 0 Å². The van der Waals surface area contributed by atoms with Gasteiger partial charge in [-0.2, -0.15) is 0 Å². The first kappa shape index (κ1) is 23.3. The van der Waals surface area contributed by atoms with Crippen molar-refractivity contribution in [2.45, 2.75) is 50.6 Å². The van der Waals surface area contributed by atoms with E-state index in [0.29, 0.717) is 29.2 Å². The van der Waals surface area contributed by atoms with Gasteiger partial charge >= 0.3 is 5.97 Å². The van der Waals surface area contributed by atoms with Crippen LogP contribution in [0.4, 0.5) is 8.78 Å². The Bertz CT molecular complexity index is 1040. The molecule has 2 unspecified atom stereocenters. The van der Waals surface area contributed by atoms with Gasteiger partial charge in [0.05, 0.1) is 13.7 Å². The first-order chi connectivity index (χ1) is 15.8. The lowest BCUT2D eigenvalue weighted by atomic mass is 9.81. The van der Waals surface area contributed by atoms with E-state index in [2.05, 4.69) is 6.08 Å². The third kappa shape index (κ3) is 5.21. The molecule has 0 aromatic heterocycles. The lowest BCUT2D eigenvalue weighted by Crippen LogP contribution is -2.38. The molecule has 2 aliphatic carbocycles. The van der Waals surface area contributed by atoms with E-state index in [1.165, 1.54) is 6.07 Å². The zero-order valence-corrected chi connectivity index (χ0v) is 19.0. The average molecular weight is 457 g/mol. The first-order valence-electron chi connectivity index (χ1n) is 11.5. The molecule has 6 heteroatoms. The van der Waals surface area contributed by atoms with E-state index in [4.69, 9.17) is 9.47 Å². The van der Waals surface area contributed by atoms with Gasteiger partial charge < -0.3 is 14.6 Å². The van der Waals surface area contributed by atoms with Crippen LogP contribution in [0.2, 0.25) is 0 Å². The maximum Gasteiger partial charge on any atom is 0.341 e. The maximum atomic E-state index is 15.0. The summed E-state index contributed by atoms with van der Waals surface area (Å²) in [6.07, 6.45) is 6.14. The number of ether oxygens (including phenoxy) is 2. The van der Waals surface area contributed by atoms with E-state index < -0.39 is 17.6 Å². The number of halogens is 2. The molecule has 2 aromatic rings. The topological polar surface area (TPSA) is 55.8 Å². The maximum absolute atomic E-state index is 15.0. The molecular weight excluding hydrogens is 426 g/mol. The molecule has 0 heterocycles. The van der Waals surface area contributed by atoms with E-state index in [-0.39, 0.29) is 17.7 Å². The molecule has 0 radical (unpaired) electrons. The fourth-order valence-electron chi connectivity index (χ4n) is 4.76. The van der Waals surface area contributed by atoms with E-state index >= 15 is 4.39 Å². The number of carboxylic acid groups (broad SMARTS) is 1. The third-order valence-corrected chi connectivity index (χ3v) is 6.84. The number of aliphatic carboxylic acids is 1. The molecule has 1 saturated carbocycles. The largest absolute Gasteiger partial charge is 0.497 e. The van der Waals surface area contributed by atoms with Gasteiger partial charge in [-0.25, -0.2) is 13.6 Å². The summed E-state index contributed by atoms with van der Waals surface area (Å²) in [6, 6.07) is 12.0. The number of carboxylic acids is 1. The average Bonchev–Trinajstić information content (AvgIpc) is 3.63. The van der Waals surface area contributed by atoms with Crippen LogP contribution in [0, 0.1) is 17.7 Å². The molecule has 4 nitrogen and oxygen atoms in total. The van der Waals surface area contributed by atoms with Crippen molar-refractivity contribution in [3.8, 4) is 11.5 Å². The van der Waals surface area contributed by atoms with Crippen molar-refractivity contribution in [1.82, 2.24) is 0 Å². The smallest absolute Gasteiger partial charge is 0.341 e. The third-order valence-electron chi connectivity index (χ3n) is 6.84. The minimum atomic E-state index is -2.32. The zero-order chi connectivity index (χ0) is 23.6. The molecule has 3 atom stereocenters. The van der Waals surface area contributed by atoms with Crippen LogP contribution in [0.25, 0.3) is 5.57 Å². The van der Waals surface area contributed by atoms with E-state index in [9.17, 15) is 14.3 Å². The van der Waals surface area contributed by atoms with Gasteiger partial charge in [-0.1, -0.05) is 18.2 Å². The molecule has 33 heavy (non-hydrogen) atoms. The Morgan fingerprint density at radius 2 is 1.97 bits per heavy atom. The molecule has 176 valence electrons. The summed E-state index contributed by atoms with van der Waals surface area (Å²) in [4.78, 5) is 11.5. The van der Waals surface area contributed by atoms with Gasteiger partial charge in [0.1, 0.15) is 17.3 Å². The first-order valence-corrected chi connectivity index (χ1v) is 11.5. The van der Waals surface area contributed by atoms with Crippen molar-refractivity contribution < 1.29 is 28.2 Å². The van der Waals surface area contributed by atoms with Gasteiger partial charge in [0.15, 0.2) is 0 Å². The molecule has 2 aromatic carbocycles. The highest BCUT2D eigenvalue weighted by Crippen LogP contribution is 2.50. The van der Waals surface area contributed by atoms with Crippen molar-refractivity contribution in [3.63, 3.8) is 0 Å². The van der Waals surface area contributed by atoms with Crippen LogP contribution in [0.3, 0.4) is 0 Å². The Labute approximate surface area is 193 Å². The summed E-state index contributed by atoms with van der Waals surface area (Å²) < 4.78 is 40.5. The van der Waals surface area contributed by atoms with Gasteiger partial charge in [0.2, 0.25) is 5.67 Å². The quantitative estimate of drug-likeness (QED) is 0.474. The molecule has 0 amide bonds. The lowest BCUT2D eigenvalue weighted by molar-refractivity contribution is -0.151. The van der Waals surface area contributed by atoms with Crippen molar-refractivity contribution in [2.24, 2.45) is 11.8 Å². The highest BCUT2D eigenvalue weighted by molar-refractivity contribution is 5.78. The minimum Gasteiger partial charge on any atom is -0.497 e. The molecule has 0 aliphatic heterocycles. The number of carbonyl (C=O) groups is 1. The lowest BCUT2D eigenvalue weighted by Gasteiger charge is -2.28. The number of alkyl halides is 1. The second-order valence-corrected chi connectivity index (χ2v) is 9.29. The number of hydrogen-bond acceptors (Lipinski definition) is 3. The van der Waals surface area contributed by atoms with Gasteiger partial charge in [-0.3, -0.25) is 0 Å². The Morgan fingerprint density at radius 1 is 1.18 bits per heavy atom.